The first-order chi connectivity index (χ1) is 6.05. The van der Waals surface area contributed by atoms with Crippen LogP contribution in [0.1, 0.15) is 19.3 Å². The minimum absolute atomic E-state index is 0.131. The number of carbonyl (C=O) groups is 2. The number of nitrogens with one attached hydrogen (secondary N) is 1. The van der Waals surface area contributed by atoms with Crippen molar-refractivity contribution in [2.45, 2.75) is 25.4 Å². The van der Waals surface area contributed by atoms with Gasteiger partial charge in [0.25, 0.3) is 5.91 Å². The van der Waals surface area contributed by atoms with Gasteiger partial charge in [-0.15, -0.1) is 0 Å². The molecule has 0 bridgehead atoms. The molecule has 0 saturated heterocycles. The van der Waals surface area contributed by atoms with Crippen molar-refractivity contribution < 1.29 is 19.8 Å². The molecular formula is C7H12N2O4. The number of carboxylic acid groups (broad SMARTS) is 1. The molecule has 13 heavy (non-hydrogen) atoms. The molecule has 1 saturated carbocycles. The number of aliphatic carboxylic acids is 1. The maximum Gasteiger partial charge on any atom is 0.321 e. The zero-order chi connectivity index (χ0) is 10.1. The van der Waals surface area contributed by atoms with Gasteiger partial charge in [-0.3, -0.25) is 15.0 Å². The Bertz CT molecular complexity index is 243. The quantitative estimate of drug-likeness (QED) is 0.184. The Hall–Kier alpha value is -1.14. The zero-order valence-corrected chi connectivity index (χ0v) is 6.99. The Morgan fingerprint density at radius 1 is 1.54 bits per heavy atom. The van der Waals surface area contributed by atoms with Crippen molar-refractivity contribution in [1.82, 2.24) is 5.43 Å². The lowest BCUT2D eigenvalue weighted by atomic mass is 9.83. The van der Waals surface area contributed by atoms with Gasteiger partial charge in [0, 0.05) is 0 Å². The van der Waals surface area contributed by atoms with Crippen molar-refractivity contribution in [3.63, 3.8) is 0 Å². The fourth-order valence-corrected chi connectivity index (χ4v) is 1.73. The second kappa shape index (κ2) is 3.31. The number of nitrogens with two attached hydrogens (primary N) is 1. The summed E-state index contributed by atoms with van der Waals surface area (Å²) in [4.78, 5) is 22.1. The van der Waals surface area contributed by atoms with Gasteiger partial charge in [-0.05, 0) is 19.3 Å². The first-order valence-corrected chi connectivity index (χ1v) is 3.98. The molecule has 6 heteroatoms. The molecule has 1 amide bonds. The summed E-state index contributed by atoms with van der Waals surface area (Å²) in [6.07, 6.45) is -0.179. The average molecular weight is 188 g/mol. The van der Waals surface area contributed by atoms with E-state index in [1.54, 1.807) is 5.43 Å². The fourth-order valence-electron chi connectivity index (χ4n) is 1.73. The first kappa shape index (κ1) is 9.94. The molecule has 0 aromatic carbocycles. The van der Waals surface area contributed by atoms with Crippen molar-refractivity contribution in [2.24, 2.45) is 11.3 Å². The third-order valence-electron chi connectivity index (χ3n) is 2.54. The van der Waals surface area contributed by atoms with Crippen LogP contribution in [0.5, 0.6) is 0 Å². The van der Waals surface area contributed by atoms with Gasteiger partial charge in [0.2, 0.25) is 0 Å². The van der Waals surface area contributed by atoms with Crippen LogP contribution in [0.25, 0.3) is 0 Å². The predicted octanol–water partition coefficient (Wildman–Crippen LogP) is -1.41. The highest BCUT2D eigenvalue weighted by Gasteiger charge is 2.54. The summed E-state index contributed by atoms with van der Waals surface area (Å²) in [6.45, 7) is 0. The van der Waals surface area contributed by atoms with E-state index < -0.39 is 23.4 Å². The maximum absolute atomic E-state index is 11.2. The van der Waals surface area contributed by atoms with Crippen molar-refractivity contribution in [1.29, 1.82) is 0 Å². The van der Waals surface area contributed by atoms with Gasteiger partial charge in [0.15, 0.2) is 5.41 Å². The number of aliphatic hydroxyl groups is 1. The molecule has 0 aromatic rings. The predicted molar refractivity (Wildman–Crippen MR) is 42.3 cm³/mol. The number of rotatable bonds is 2. The van der Waals surface area contributed by atoms with Crippen LogP contribution >= 0.6 is 0 Å². The number of hydrogen-bond donors (Lipinski definition) is 4. The molecular weight excluding hydrogens is 176 g/mol. The van der Waals surface area contributed by atoms with E-state index in [1.165, 1.54) is 0 Å². The van der Waals surface area contributed by atoms with Crippen LogP contribution in [0.4, 0.5) is 0 Å². The monoisotopic (exact) mass is 188 g/mol. The van der Waals surface area contributed by atoms with Gasteiger partial charge in [-0.2, -0.15) is 0 Å². The van der Waals surface area contributed by atoms with E-state index in [4.69, 9.17) is 10.9 Å². The lowest BCUT2D eigenvalue weighted by Gasteiger charge is -2.25. The van der Waals surface area contributed by atoms with E-state index in [0.29, 0.717) is 12.8 Å². The third kappa shape index (κ3) is 1.27. The van der Waals surface area contributed by atoms with Gasteiger partial charge >= 0.3 is 5.97 Å². The maximum atomic E-state index is 11.2. The number of hydrazine groups is 1. The fraction of sp³-hybridized carbons (Fsp3) is 0.714. The van der Waals surface area contributed by atoms with Crippen LogP contribution in [-0.4, -0.2) is 28.2 Å². The number of amides is 1. The molecule has 0 heterocycles. The molecule has 1 aliphatic carbocycles. The molecule has 0 aliphatic heterocycles. The second-order valence-corrected chi connectivity index (χ2v) is 3.16. The highest BCUT2D eigenvalue weighted by atomic mass is 16.4. The highest BCUT2D eigenvalue weighted by molar-refractivity contribution is 6.02. The molecule has 6 nitrogen and oxygen atoms in total. The molecule has 5 N–H and O–H groups in total. The van der Waals surface area contributed by atoms with Gasteiger partial charge in [-0.1, -0.05) is 0 Å². The van der Waals surface area contributed by atoms with E-state index in [-0.39, 0.29) is 6.42 Å². The Labute approximate surface area is 74.7 Å². The standard InChI is InChI=1S/C7H12N2O4/c8-9-5(11)7(6(12)13)3-1-2-4(7)10/h4,10H,1-3,8H2,(H,9,11)(H,12,13)/t4-,7+/m0/s1. The van der Waals surface area contributed by atoms with E-state index in [2.05, 4.69) is 0 Å². The zero-order valence-electron chi connectivity index (χ0n) is 6.99. The molecule has 1 rings (SSSR count). The summed E-state index contributed by atoms with van der Waals surface area (Å²) < 4.78 is 0. The Morgan fingerprint density at radius 3 is 2.46 bits per heavy atom. The van der Waals surface area contributed by atoms with Crippen molar-refractivity contribution >= 4 is 11.9 Å². The van der Waals surface area contributed by atoms with Crippen LogP contribution in [0.15, 0.2) is 0 Å². The number of aliphatic hydroxyl groups excluding tert-OH is 1. The molecule has 0 radical (unpaired) electrons. The minimum Gasteiger partial charge on any atom is -0.480 e. The Balaban J connectivity index is 3.00. The summed E-state index contributed by atoms with van der Waals surface area (Å²) >= 11 is 0. The lowest BCUT2D eigenvalue weighted by Crippen LogP contribution is -2.53. The number of carboxylic acids is 1. The van der Waals surface area contributed by atoms with Crippen LogP contribution in [0.3, 0.4) is 0 Å². The Kier molecular flexibility index (Phi) is 2.53. The SMILES string of the molecule is NNC(=O)[C@@]1(C(=O)O)CCC[C@@H]1O. The van der Waals surface area contributed by atoms with Crippen molar-refractivity contribution in [3.8, 4) is 0 Å². The molecule has 0 spiro atoms. The number of hydrogen-bond acceptors (Lipinski definition) is 4. The first-order valence-electron chi connectivity index (χ1n) is 3.98. The van der Waals surface area contributed by atoms with Gasteiger partial charge in [0.1, 0.15) is 0 Å². The third-order valence-corrected chi connectivity index (χ3v) is 2.54. The van der Waals surface area contributed by atoms with E-state index >= 15 is 0 Å². The van der Waals surface area contributed by atoms with Crippen molar-refractivity contribution in [3.05, 3.63) is 0 Å². The summed E-state index contributed by atoms with van der Waals surface area (Å²) in [5.41, 5.74) is 0.0384. The average Bonchev–Trinajstić information content (AvgIpc) is 2.47. The molecule has 1 fully saturated rings. The smallest absolute Gasteiger partial charge is 0.321 e. The molecule has 2 atom stereocenters. The van der Waals surface area contributed by atoms with Crippen LogP contribution in [0, 0.1) is 5.41 Å². The number of carbonyl (C=O) groups excluding carboxylic acids is 1. The topological polar surface area (TPSA) is 113 Å². The van der Waals surface area contributed by atoms with Gasteiger partial charge in [0.05, 0.1) is 6.10 Å². The highest BCUT2D eigenvalue weighted by Crippen LogP contribution is 2.38. The molecule has 74 valence electrons. The van der Waals surface area contributed by atoms with Gasteiger partial charge in [-0.25, -0.2) is 5.84 Å². The Morgan fingerprint density at radius 2 is 2.15 bits per heavy atom. The molecule has 0 unspecified atom stereocenters. The molecule has 1 aliphatic rings. The van der Waals surface area contributed by atoms with E-state index in [0.717, 1.165) is 0 Å². The summed E-state index contributed by atoms with van der Waals surface area (Å²) in [6, 6.07) is 0. The summed E-state index contributed by atoms with van der Waals surface area (Å²) in [5, 5.41) is 18.3. The summed E-state index contributed by atoms with van der Waals surface area (Å²) in [5.74, 6) is 2.72. The summed E-state index contributed by atoms with van der Waals surface area (Å²) in [7, 11) is 0. The normalized spacial score (nSPS) is 32.9. The van der Waals surface area contributed by atoms with Crippen molar-refractivity contribution in [2.75, 3.05) is 0 Å². The largest absolute Gasteiger partial charge is 0.480 e. The van der Waals surface area contributed by atoms with E-state index in [9.17, 15) is 14.7 Å². The second-order valence-electron chi connectivity index (χ2n) is 3.16. The van der Waals surface area contributed by atoms with Gasteiger partial charge < -0.3 is 10.2 Å². The molecule has 0 aromatic heterocycles. The van der Waals surface area contributed by atoms with Crippen LogP contribution in [-0.2, 0) is 9.59 Å². The van der Waals surface area contributed by atoms with E-state index in [1.807, 2.05) is 0 Å². The van der Waals surface area contributed by atoms with Crippen LogP contribution < -0.4 is 11.3 Å². The lowest BCUT2D eigenvalue weighted by molar-refractivity contribution is -0.162. The van der Waals surface area contributed by atoms with Crippen LogP contribution in [0.2, 0.25) is 0 Å². The minimum atomic E-state index is -1.74.